The number of carboxylic acids is 2. The van der Waals surface area contributed by atoms with Crippen molar-refractivity contribution in [3.63, 3.8) is 0 Å². The van der Waals surface area contributed by atoms with Gasteiger partial charge in [0.1, 0.15) is 29.6 Å². The zero-order chi connectivity index (χ0) is 44.8. The van der Waals surface area contributed by atoms with Gasteiger partial charge in [-0.15, -0.1) is 12.4 Å². The Morgan fingerprint density at radius 2 is 1.14 bits per heavy atom. The van der Waals surface area contributed by atoms with Crippen LogP contribution in [0.1, 0.15) is 80.1 Å². The fourth-order valence-electron chi connectivity index (χ4n) is 2.95. The molecule has 33 nitrogen and oxygen atoms in total. The molecule has 2 amide bonds. The van der Waals surface area contributed by atoms with Crippen LogP contribution >= 0.6 is 12.4 Å². The number of imidazole rings is 1. The van der Waals surface area contributed by atoms with Crippen LogP contribution in [0, 0.1) is 0 Å². The number of aromatic nitrogens is 2. The molecule has 0 spiro atoms. The second-order valence-electron chi connectivity index (χ2n) is 12.0. The number of aliphatic carboxylic acids is 2. The van der Waals surface area contributed by atoms with E-state index in [4.69, 9.17) is 69.0 Å². The van der Waals surface area contributed by atoms with E-state index in [1.165, 1.54) is 12.4 Å². The van der Waals surface area contributed by atoms with Crippen LogP contribution in [-0.2, 0) is 56.7 Å². The minimum atomic E-state index is -5.17. The van der Waals surface area contributed by atoms with E-state index in [0.717, 1.165) is 12.7 Å². The fraction of sp³-hybridized carbons (Fsp3) is 0.692. The molecule has 2 atom stereocenters. The number of halogens is 1. The predicted octanol–water partition coefficient (Wildman–Crippen LogP) is -5.33. The monoisotopic (exact) mass is 1060 g/mol. The van der Waals surface area contributed by atoms with Crippen LogP contribution in [0.3, 0.4) is 0 Å². The second-order valence-corrected chi connectivity index (χ2v) is 14.3. The van der Waals surface area contributed by atoms with Crippen LogP contribution in [0.15, 0.2) is 28.4 Å². The van der Waals surface area contributed by atoms with Gasteiger partial charge in [0.15, 0.2) is 0 Å². The maximum Gasteiger partial charge on any atom is 2.00 e. The minimum Gasteiger partial charge on any atom is -0.759 e. The van der Waals surface area contributed by atoms with Crippen molar-refractivity contribution in [1.29, 1.82) is 0 Å². The van der Waals surface area contributed by atoms with E-state index in [0.29, 0.717) is 42.7 Å². The Balaban J connectivity index is -0.0000000554. The number of hydrogen-bond acceptors (Lipinski definition) is 17. The zero-order valence-corrected chi connectivity index (χ0v) is 40.7. The number of nitrogens with zero attached hydrogens (tertiary/aromatic N) is 8. The first-order valence-electron chi connectivity index (χ1n) is 15.4. The summed E-state index contributed by atoms with van der Waals surface area (Å²) in [4.78, 5) is 61.4. The molecule has 0 saturated carbocycles. The molecule has 0 fully saturated rings. The molecule has 0 aliphatic rings. The number of nitrogens with one attached hydrogen (secondary N) is 2. The summed E-state index contributed by atoms with van der Waals surface area (Å²) in [6.45, 7) is 11.1. The second kappa shape index (κ2) is 48.4. The van der Waals surface area contributed by atoms with E-state index in [9.17, 15) is 27.6 Å². The molecule has 0 aliphatic heterocycles. The van der Waals surface area contributed by atoms with Gasteiger partial charge in [0, 0.05) is 39.2 Å². The number of carbonyl (C=O) groups is 5. The Kier molecular flexibility index (Phi) is 68.6. The molecule has 1 heterocycles. The third-order valence-electron chi connectivity index (χ3n) is 4.88. The van der Waals surface area contributed by atoms with Gasteiger partial charge in [0.2, 0.25) is 6.16 Å². The van der Waals surface area contributed by atoms with Gasteiger partial charge in [-0.1, -0.05) is 11.5 Å². The number of rotatable bonds is 15. The number of carboxylic acid groups (broad SMARTS) is 4. The molecule has 38 heteroatoms. The van der Waals surface area contributed by atoms with Crippen LogP contribution in [-0.4, -0.2) is 144 Å². The summed E-state index contributed by atoms with van der Waals surface area (Å²) in [7, 11) is -9.07. The van der Waals surface area contributed by atoms with E-state index in [1.807, 2.05) is 0 Å². The number of ether oxygens (including phenoxy) is 2. The summed E-state index contributed by atoms with van der Waals surface area (Å²) >= 11 is 0. The first kappa shape index (κ1) is 90.6. The maximum atomic E-state index is 11.4. The van der Waals surface area contributed by atoms with E-state index < -0.39 is 74.2 Å². The zero-order valence-electron chi connectivity index (χ0n) is 35.3. The maximum absolute atomic E-state index is 11.4. The number of unbranched alkanes of at least 4 members (excludes halogenated alkanes) is 2. The van der Waals surface area contributed by atoms with Crippen molar-refractivity contribution in [2.24, 2.45) is 15.4 Å². The molecular formula is C26H57ClCuN11NaO22S2. The van der Waals surface area contributed by atoms with Crippen LogP contribution < -0.4 is 51.0 Å². The van der Waals surface area contributed by atoms with E-state index in [1.54, 1.807) is 41.5 Å². The normalized spacial score (nSPS) is 10.1. The van der Waals surface area contributed by atoms with Crippen LogP contribution in [0.25, 0.3) is 20.9 Å². The average Bonchev–Trinajstić information content (AvgIpc) is 3.54. The first-order chi connectivity index (χ1) is 25.4. The third-order valence-corrected chi connectivity index (χ3v) is 5.90. The molecule has 1 rings (SSSR count). The smallest absolute Gasteiger partial charge is 0.759 e. The Morgan fingerprint density at radius 3 is 1.39 bits per heavy atom. The predicted molar refractivity (Wildman–Crippen MR) is 212 cm³/mol. The van der Waals surface area contributed by atoms with Crippen LogP contribution in [0.2, 0.25) is 0 Å². The molecule has 379 valence electrons. The topological polar surface area (TPSA) is 625 Å². The van der Waals surface area contributed by atoms with Crippen LogP contribution in [0.5, 0.6) is 0 Å². The van der Waals surface area contributed by atoms with Crippen molar-refractivity contribution in [3.8, 4) is 0 Å². The molecule has 0 saturated heterocycles. The van der Waals surface area contributed by atoms with Crippen molar-refractivity contribution >= 4 is 63.3 Å². The van der Waals surface area contributed by atoms with Gasteiger partial charge in [-0.25, -0.2) is 28.1 Å². The molecule has 0 unspecified atom stereocenters. The number of azide groups is 2. The number of alkyl carbamates (subject to hydrolysis) is 2. The van der Waals surface area contributed by atoms with Gasteiger partial charge in [-0.2, -0.15) is 8.42 Å². The first-order valence-corrected chi connectivity index (χ1v) is 18.2. The Morgan fingerprint density at radius 1 is 0.797 bits per heavy atom. The summed E-state index contributed by atoms with van der Waals surface area (Å²) < 4.78 is 68.9. The Hall–Kier alpha value is -4.03. The minimum absolute atomic E-state index is 0. The van der Waals surface area contributed by atoms with E-state index in [-0.39, 0.29) is 92.8 Å². The quantitative estimate of drug-likeness (QED) is 0.0182. The number of carbonyl (C=O) groups excluding carboxylic acids is 2. The van der Waals surface area contributed by atoms with Gasteiger partial charge < -0.3 is 87.5 Å². The summed E-state index contributed by atoms with van der Waals surface area (Å²) in [5, 5.41) is 41.2. The molecule has 0 aromatic carbocycles. The largest absolute Gasteiger partial charge is 2.00 e. The summed E-state index contributed by atoms with van der Waals surface area (Å²) in [6.07, 6.45) is 3.03. The van der Waals surface area contributed by atoms with Crippen molar-refractivity contribution in [1.82, 2.24) is 19.6 Å². The van der Waals surface area contributed by atoms with Gasteiger partial charge in [0.25, 0.3) is 0 Å². The Bertz CT molecular complexity index is 1670. The molecule has 64 heavy (non-hydrogen) atoms. The van der Waals surface area contributed by atoms with Gasteiger partial charge in [0.05, 0.1) is 4.52 Å². The van der Waals surface area contributed by atoms with Crippen LogP contribution in [0.4, 0.5) is 14.4 Å². The fourth-order valence-corrected chi connectivity index (χ4v) is 3.51. The summed E-state index contributed by atoms with van der Waals surface area (Å²) in [5.74, 6) is -2.18. The molecule has 1 aromatic rings. The van der Waals surface area contributed by atoms with Gasteiger partial charge in [-0.3, -0.25) is 8.42 Å². The van der Waals surface area contributed by atoms with E-state index >= 15 is 0 Å². The van der Waals surface area contributed by atoms with Gasteiger partial charge in [-0.05, 0) is 91.3 Å². The SMILES string of the molecule is CC(C)(C)OC(=O)N[C@@H](CCCCN)C(=O)O.CC(C)(C)OC(=O)N[C@@H](CCCCN=[N+]=[N-])C(=O)O.Cl.O.O.O.O.O.O=C([O-])O.O=S(=O)([O-])[O-].[Cu+2].[N-]=[N+]=NS(=O)(=O)n1ccnc1.[Na+]. The third kappa shape index (κ3) is 72.4. The Labute approximate surface area is 405 Å². The van der Waals surface area contributed by atoms with Crippen molar-refractivity contribution in [2.45, 2.75) is 103 Å². The molecule has 1 aromatic heterocycles. The van der Waals surface area contributed by atoms with Crippen molar-refractivity contribution < 1.29 is 154 Å². The molecule has 1 radical (unpaired) electrons. The molecule has 17 N–H and O–H groups in total. The summed E-state index contributed by atoms with van der Waals surface area (Å²) in [6, 6.07) is -1.92. The average molecular weight is 1060 g/mol. The number of hydrogen-bond donors (Lipinski definition) is 6. The number of amides is 2. The van der Waals surface area contributed by atoms with E-state index in [2.05, 4.69) is 35.1 Å². The van der Waals surface area contributed by atoms with Gasteiger partial charge >= 0.3 is 81.0 Å². The van der Waals surface area contributed by atoms with Crippen molar-refractivity contribution in [2.75, 3.05) is 13.1 Å². The molecule has 0 bridgehead atoms. The van der Waals surface area contributed by atoms with Crippen molar-refractivity contribution in [3.05, 3.63) is 39.6 Å². The molecule has 0 aliphatic carbocycles. The number of nitrogens with two attached hydrogens (primary N) is 1. The standard InChI is InChI=1S/C11H20N4O4.C11H22N2O4.C3H3N5O2S.CH2O3.ClH.Cu.Na.H2O4S.5H2O/c1-11(2,3)19-10(18)14-8(9(16)17)6-4-5-7-13-15-12;1-11(2,3)17-10(16)13-8(9(14)15)6-4-5-7-12;4-6-7-11(9,10)8-2-1-5-3-8;2-1(3)4;;;;1-5(2,3)4;;;;;/h8H,4-7H2,1-3H3,(H,14,18)(H,16,17);8H,4-7,12H2,1-3H3,(H,13,16)(H,14,15);1-3H;(H2,2,3,4);1H;;;(H2,1,2,3,4);5*1H2/q;;;;;+2;+1;;;;;;/p-3/t2*8-;;;;;;;;;;;/m00.........../s1. The summed E-state index contributed by atoms with van der Waals surface area (Å²) in [5.41, 5.74) is 19.9. The molecular weight excluding hydrogens is 1000 g/mol.